The van der Waals surface area contributed by atoms with Crippen LogP contribution in [0.1, 0.15) is 23.3 Å². The summed E-state index contributed by atoms with van der Waals surface area (Å²) >= 11 is 0. The number of fused-ring (bicyclic) bond motifs is 1. The number of hydrogen-bond donors (Lipinski definition) is 2. The van der Waals surface area contributed by atoms with Crippen LogP contribution in [0.3, 0.4) is 0 Å². The van der Waals surface area contributed by atoms with Crippen molar-refractivity contribution in [2.24, 2.45) is 0 Å². The Morgan fingerprint density at radius 1 is 1.20 bits per heavy atom. The smallest absolute Gasteiger partial charge is 0.244 e. The van der Waals surface area contributed by atoms with Gasteiger partial charge in [0.25, 0.3) is 0 Å². The fourth-order valence-corrected chi connectivity index (χ4v) is 2.42. The molecule has 2 aromatic heterocycles. The molecule has 3 heterocycles. The van der Waals surface area contributed by atoms with E-state index in [9.17, 15) is 0 Å². The largest absolute Gasteiger partial charge is 0.347 e. The second-order valence-electron chi connectivity index (χ2n) is 4.79. The van der Waals surface area contributed by atoms with Crippen LogP contribution in [-0.4, -0.2) is 20.1 Å². The Bertz CT molecular complexity index is 718. The molecule has 3 aromatic rings. The van der Waals surface area contributed by atoms with E-state index in [1.807, 2.05) is 30.3 Å². The molecule has 0 saturated heterocycles. The second kappa shape index (κ2) is 4.57. The number of nitrogens with zero attached hydrogens (tertiary/aromatic N) is 3. The summed E-state index contributed by atoms with van der Waals surface area (Å²) in [6, 6.07) is 9.84. The van der Waals surface area contributed by atoms with Crippen LogP contribution in [0, 0.1) is 0 Å². The monoisotopic (exact) mass is 267 g/mol. The number of aromatic amines is 1. The molecule has 4 rings (SSSR count). The first-order valence-corrected chi connectivity index (χ1v) is 6.53. The highest BCUT2D eigenvalue weighted by molar-refractivity contribution is 5.53. The molecular weight excluding hydrogens is 254 g/mol. The number of aromatic nitrogens is 4. The standard InChI is InChI=1S/C14H13N5O/c1-2-4-9(5-3-1)13-18-14(20-19-13)11-6-10-12(7-15-11)17-8-16-10/h1-5,8,11,15H,6-7H2,(H,16,17)/t11-/m0/s1. The van der Waals surface area contributed by atoms with Crippen LogP contribution in [0.25, 0.3) is 11.4 Å². The van der Waals surface area contributed by atoms with Crippen molar-refractivity contribution in [3.05, 3.63) is 53.9 Å². The number of nitrogens with one attached hydrogen (secondary N) is 2. The normalized spacial score (nSPS) is 17.9. The molecule has 6 heteroatoms. The molecule has 20 heavy (non-hydrogen) atoms. The van der Waals surface area contributed by atoms with Gasteiger partial charge in [0.15, 0.2) is 0 Å². The van der Waals surface area contributed by atoms with Crippen LogP contribution in [0.5, 0.6) is 0 Å². The molecule has 6 nitrogen and oxygen atoms in total. The van der Waals surface area contributed by atoms with Crippen molar-refractivity contribution in [1.82, 2.24) is 25.4 Å². The summed E-state index contributed by atoms with van der Waals surface area (Å²) in [6.45, 7) is 0.739. The average molecular weight is 267 g/mol. The summed E-state index contributed by atoms with van der Waals surface area (Å²) in [4.78, 5) is 11.9. The van der Waals surface area contributed by atoms with Gasteiger partial charge in [-0.15, -0.1) is 0 Å². The van der Waals surface area contributed by atoms with Gasteiger partial charge in [-0.05, 0) is 0 Å². The van der Waals surface area contributed by atoms with Crippen LogP contribution in [0.15, 0.2) is 41.2 Å². The summed E-state index contributed by atoms with van der Waals surface area (Å²) in [5, 5.41) is 7.43. The van der Waals surface area contributed by atoms with Gasteiger partial charge in [-0.25, -0.2) is 4.98 Å². The van der Waals surface area contributed by atoms with Crippen LogP contribution in [0.2, 0.25) is 0 Å². The fraction of sp³-hybridized carbons (Fsp3) is 0.214. The van der Waals surface area contributed by atoms with E-state index in [-0.39, 0.29) is 6.04 Å². The molecule has 0 saturated carbocycles. The van der Waals surface area contributed by atoms with E-state index in [2.05, 4.69) is 25.4 Å². The van der Waals surface area contributed by atoms with E-state index in [1.165, 1.54) is 0 Å². The molecule has 1 atom stereocenters. The predicted molar refractivity (Wildman–Crippen MR) is 71.6 cm³/mol. The zero-order valence-electron chi connectivity index (χ0n) is 10.7. The van der Waals surface area contributed by atoms with E-state index in [1.54, 1.807) is 6.33 Å². The number of benzene rings is 1. The molecule has 100 valence electrons. The molecule has 1 aliphatic rings. The van der Waals surface area contributed by atoms with Gasteiger partial charge in [-0.2, -0.15) is 4.98 Å². The van der Waals surface area contributed by atoms with Crippen LogP contribution >= 0.6 is 0 Å². The highest BCUT2D eigenvalue weighted by Gasteiger charge is 2.26. The minimum atomic E-state index is 0.0239. The summed E-state index contributed by atoms with van der Waals surface area (Å²) in [6.07, 6.45) is 2.48. The molecule has 0 amide bonds. The predicted octanol–water partition coefficient (Wildman–Crippen LogP) is 1.85. The average Bonchev–Trinajstić information content (AvgIpc) is 3.16. The third kappa shape index (κ3) is 1.90. The lowest BCUT2D eigenvalue weighted by Crippen LogP contribution is -2.28. The van der Waals surface area contributed by atoms with Gasteiger partial charge in [0.05, 0.1) is 23.8 Å². The van der Waals surface area contributed by atoms with Gasteiger partial charge in [-0.1, -0.05) is 35.5 Å². The lowest BCUT2D eigenvalue weighted by Gasteiger charge is -2.19. The van der Waals surface area contributed by atoms with Gasteiger partial charge >= 0.3 is 0 Å². The quantitative estimate of drug-likeness (QED) is 0.740. The fourth-order valence-electron chi connectivity index (χ4n) is 2.42. The zero-order chi connectivity index (χ0) is 13.4. The van der Waals surface area contributed by atoms with E-state index in [0.29, 0.717) is 11.7 Å². The SMILES string of the molecule is c1ccc(-c2noc([C@@H]3Cc4nc[nH]c4CN3)n2)cc1. The molecule has 0 spiro atoms. The molecule has 0 bridgehead atoms. The molecule has 1 aromatic carbocycles. The first-order chi connectivity index (χ1) is 9.90. The highest BCUT2D eigenvalue weighted by atomic mass is 16.5. The van der Waals surface area contributed by atoms with Crippen LogP contribution in [-0.2, 0) is 13.0 Å². The number of rotatable bonds is 2. The van der Waals surface area contributed by atoms with Crippen LogP contribution < -0.4 is 5.32 Å². The molecular formula is C14H13N5O. The Hall–Kier alpha value is -2.47. The summed E-state index contributed by atoms with van der Waals surface area (Å²) < 4.78 is 5.39. The topological polar surface area (TPSA) is 79.6 Å². The lowest BCUT2D eigenvalue weighted by molar-refractivity contribution is 0.319. The van der Waals surface area contributed by atoms with E-state index in [0.717, 1.165) is 29.9 Å². The Morgan fingerprint density at radius 2 is 2.10 bits per heavy atom. The maximum Gasteiger partial charge on any atom is 0.244 e. The first-order valence-electron chi connectivity index (χ1n) is 6.53. The van der Waals surface area contributed by atoms with Crippen molar-refractivity contribution in [2.45, 2.75) is 19.0 Å². The van der Waals surface area contributed by atoms with E-state index < -0.39 is 0 Å². The number of H-pyrrole nitrogens is 1. The zero-order valence-corrected chi connectivity index (χ0v) is 10.7. The molecule has 0 radical (unpaired) electrons. The Kier molecular flexibility index (Phi) is 2.60. The maximum absolute atomic E-state index is 5.39. The van der Waals surface area contributed by atoms with Crippen molar-refractivity contribution in [3.8, 4) is 11.4 Å². The number of hydrogen-bond acceptors (Lipinski definition) is 5. The van der Waals surface area contributed by atoms with Crippen molar-refractivity contribution in [3.63, 3.8) is 0 Å². The van der Waals surface area contributed by atoms with Crippen molar-refractivity contribution >= 4 is 0 Å². The molecule has 0 aliphatic carbocycles. The Balaban J connectivity index is 1.60. The first kappa shape index (κ1) is 11.4. The lowest BCUT2D eigenvalue weighted by atomic mass is 10.1. The molecule has 1 aliphatic heterocycles. The minimum absolute atomic E-state index is 0.0239. The number of imidazole rings is 1. The van der Waals surface area contributed by atoms with Crippen LogP contribution in [0.4, 0.5) is 0 Å². The second-order valence-corrected chi connectivity index (χ2v) is 4.79. The summed E-state index contributed by atoms with van der Waals surface area (Å²) in [5.74, 6) is 1.23. The Labute approximate surface area is 115 Å². The van der Waals surface area contributed by atoms with Gasteiger partial charge in [-0.3, -0.25) is 5.32 Å². The molecule has 0 fully saturated rings. The Morgan fingerprint density at radius 3 is 3.00 bits per heavy atom. The van der Waals surface area contributed by atoms with Crippen molar-refractivity contribution in [1.29, 1.82) is 0 Å². The van der Waals surface area contributed by atoms with Gasteiger partial charge in [0.1, 0.15) is 0 Å². The third-order valence-corrected chi connectivity index (χ3v) is 3.50. The van der Waals surface area contributed by atoms with Crippen molar-refractivity contribution < 1.29 is 4.52 Å². The third-order valence-electron chi connectivity index (χ3n) is 3.50. The highest BCUT2D eigenvalue weighted by Crippen LogP contribution is 2.24. The van der Waals surface area contributed by atoms with E-state index in [4.69, 9.17) is 4.52 Å². The summed E-state index contributed by atoms with van der Waals surface area (Å²) in [5.41, 5.74) is 3.15. The summed E-state index contributed by atoms with van der Waals surface area (Å²) in [7, 11) is 0. The van der Waals surface area contributed by atoms with Gasteiger partial charge < -0.3 is 9.51 Å². The molecule has 2 N–H and O–H groups in total. The van der Waals surface area contributed by atoms with E-state index >= 15 is 0 Å². The minimum Gasteiger partial charge on any atom is -0.347 e. The maximum atomic E-state index is 5.39. The van der Waals surface area contributed by atoms with Gasteiger partial charge in [0.2, 0.25) is 11.7 Å². The van der Waals surface area contributed by atoms with Gasteiger partial charge in [0, 0.05) is 18.5 Å². The van der Waals surface area contributed by atoms with Crippen molar-refractivity contribution in [2.75, 3.05) is 0 Å². The molecule has 0 unspecified atom stereocenters.